The Morgan fingerprint density at radius 2 is 1.71 bits per heavy atom. The average molecular weight is 581 g/mol. The molecule has 0 aliphatic rings. The van der Waals surface area contributed by atoms with Gasteiger partial charge in [0.25, 0.3) is 5.56 Å². The summed E-state index contributed by atoms with van der Waals surface area (Å²) in [5, 5.41) is 10.6. The summed E-state index contributed by atoms with van der Waals surface area (Å²) in [5.41, 5.74) is 2.02. The Morgan fingerprint density at radius 3 is 2.32 bits per heavy atom. The van der Waals surface area contributed by atoms with Crippen molar-refractivity contribution in [1.29, 1.82) is 0 Å². The number of benzene rings is 2. The van der Waals surface area contributed by atoms with E-state index < -0.39 is 35.5 Å². The Hall–Kier alpha value is -4.95. The van der Waals surface area contributed by atoms with Crippen LogP contribution in [0, 0.1) is 18.6 Å². The van der Waals surface area contributed by atoms with Crippen LogP contribution in [-0.2, 0) is 11.4 Å². The van der Waals surface area contributed by atoms with Crippen molar-refractivity contribution in [1.82, 2.24) is 24.8 Å². The Labute approximate surface area is 234 Å². The van der Waals surface area contributed by atoms with Crippen LogP contribution in [0.5, 0.6) is 5.88 Å². The largest absolute Gasteiger partial charge is 0.480 e. The number of rotatable bonds is 7. The van der Waals surface area contributed by atoms with E-state index in [9.17, 15) is 23.2 Å². The van der Waals surface area contributed by atoms with E-state index in [1.807, 2.05) is 0 Å². The van der Waals surface area contributed by atoms with Crippen LogP contribution in [0.2, 0.25) is 0 Å². The number of fused-ring (bicyclic) bond motifs is 1. The number of aryl methyl sites for hydroxylation is 1. The van der Waals surface area contributed by atoms with Gasteiger partial charge in [0.15, 0.2) is 5.82 Å². The van der Waals surface area contributed by atoms with Gasteiger partial charge in [-0.1, -0.05) is 18.2 Å². The van der Waals surface area contributed by atoms with Gasteiger partial charge in [0.1, 0.15) is 16.5 Å². The zero-order valence-electron chi connectivity index (χ0n) is 21.9. The first-order chi connectivity index (χ1) is 19.7. The first-order valence-corrected chi connectivity index (χ1v) is 12.9. The van der Waals surface area contributed by atoms with Gasteiger partial charge in [0, 0.05) is 22.2 Å². The lowest BCUT2D eigenvalue weighted by Crippen LogP contribution is -2.39. The van der Waals surface area contributed by atoms with Crippen molar-refractivity contribution in [2.45, 2.75) is 13.5 Å². The van der Waals surface area contributed by atoms with E-state index in [4.69, 9.17) is 4.74 Å². The van der Waals surface area contributed by atoms with Gasteiger partial charge in [0.05, 0.1) is 26.2 Å². The maximum Gasteiger partial charge on any atom is 0.343 e. The van der Waals surface area contributed by atoms with E-state index in [-0.39, 0.29) is 27.5 Å². The fourth-order valence-electron chi connectivity index (χ4n) is 4.30. The second kappa shape index (κ2) is 11.3. The van der Waals surface area contributed by atoms with Crippen LogP contribution < -0.4 is 26.8 Å². The van der Waals surface area contributed by atoms with Gasteiger partial charge in [0.2, 0.25) is 5.88 Å². The maximum atomic E-state index is 14.7. The van der Waals surface area contributed by atoms with Crippen molar-refractivity contribution in [2.24, 2.45) is 0 Å². The smallest absolute Gasteiger partial charge is 0.343 e. The van der Waals surface area contributed by atoms with Crippen molar-refractivity contribution >= 4 is 33.3 Å². The normalized spacial score (nSPS) is 11.0. The standard InChI is InChI=1S/C27H22F2N6O5S/c1-14-22-24(36)35(20-11-12-21(39-2)32-31-20)27(38)34(13-17-18(28)5-4-6-19(17)29)25(22)41-23(14)15-7-9-16(10-8-15)30-26(37)33-40-3/h4-12H,13H2,1-3H3,(H2,30,33,37). The monoisotopic (exact) mass is 580 g/mol. The molecule has 0 radical (unpaired) electrons. The third kappa shape index (κ3) is 5.17. The molecule has 2 N–H and O–H groups in total. The Bertz CT molecular complexity index is 1860. The van der Waals surface area contributed by atoms with Gasteiger partial charge < -0.3 is 10.1 Å². The maximum absolute atomic E-state index is 14.7. The van der Waals surface area contributed by atoms with Gasteiger partial charge in [-0.25, -0.2) is 28.4 Å². The number of hydrogen-bond acceptors (Lipinski definition) is 8. The van der Waals surface area contributed by atoms with Crippen molar-refractivity contribution in [3.05, 3.63) is 98.2 Å². The highest BCUT2D eigenvalue weighted by Crippen LogP contribution is 2.37. The minimum Gasteiger partial charge on any atom is -0.480 e. The van der Waals surface area contributed by atoms with Gasteiger partial charge in [-0.05, 0) is 48.4 Å². The lowest BCUT2D eigenvalue weighted by molar-refractivity contribution is 0.114. The average Bonchev–Trinajstić information content (AvgIpc) is 3.30. The second-order valence-electron chi connectivity index (χ2n) is 8.72. The molecule has 0 aliphatic carbocycles. The molecular weight excluding hydrogens is 558 g/mol. The van der Waals surface area contributed by atoms with Gasteiger partial charge in [-0.15, -0.1) is 21.5 Å². The number of anilines is 1. The number of amides is 2. The van der Waals surface area contributed by atoms with Crippen LogP contribution in [0.4, 0.5) is 19.3 Å². The molecule has 14 heteroatoms. The number of aromatic nitrogens is 4. The van der Waals surface area contributed by atoms with Crippen LogP contribution >= 0.6 is 11.3 Å². The van der Waals surface area contributed by atoms with Crippen LogP contribution in [0.1, 0.15) is 11.1 Å². The number of nitrogens with zero attached hydrogens (tertiary/aromatic N) is 4. The van der Waals surface area contributed by atoms with E-state index in [2.05, 4.69) is 25.8 Å². The Kier molecular flexibility index (Phi) is 7.59. The van der Waals surface area contributed by atoms with Crippen LogP contribution in [0.3, 0.4) is 0 Å². The summed E-state index contributed by atoms with van der Waals surface area (Å²) in [5.74, 6) is -1.58. The van der Waals surface area contributed by atoms with Crippen molar-refractivity contribution in [3.8, 4) is 22.1 Å². The molecular formula is C27H22F2N6O5S. The summed E-state index contributed by atoms with van der Waals surface area (Å²) in [6.45, 7) is 1.24. The Morgan fingerprint density at radius 1 is 1.00 bits per heavy atom. The predicted molar refractivity (Wildman–Crippen MR) is 149 cm³/mol. The quantitative estimate of drug-likeness (QED) is 0.279. The molecule has 3 heterocycles. The molecule has 0 saturated carbocycles. The predicted octanol–water partition coefficient (Wildman–Crippen LogP) is 4.00. The molecule has 41 heavy (non-hydrogen) atoms. The second-order valence-corrected chi connectivity index (χ2v) is 9.72. The lowest BCUT2D eigenvalue weighted by atomic mass is 10.1. The molecule has 2 aromatic carbocycles. The minimum absolute atomic E-state index is 0.0811. The molecule has 0 spiro atoms. The fourth-order valence-corrected chi connectivity index (χ4v) is 5.60. The third-order valence-corrected chi connectivity index (χ3v) is 7.62. The first kappa shape index (κ1) is 27.6. The zero-order valence-corrected chi connectivity index (χ0v) is 22.7. The van der Waals surface area contributed by atoms with Crippen molar-refractivity contribution < 1.29 is 23.1 Å². The number of carbonyl (C=O) groups is 1. The molecule has 2 amide bonds. The van der Waals surface area contributed by atoms with Gasteiger partial charge >= 0.3 is 11.7 Å². The highest BCUT2D eigenvalue weighted by Gasteiger charge is 2.24. The molecule has 0 fully saturated rings. The number of methoxy groups -OCH3 is 1. The van der Waals surface area contributed by atoms with E-state index >= 15 is 0 Å². The molecule has 11 nitrogen and oxygen atoms in total. The van der Waals surface area contributed by atoms with Crippen molar-refractivity contribution in [3.63, 3.8) is 0 Å². The van der Waals surface area contributed by atoms with E-state index in [0.29, 0.717) is 21.7 Å². The molecule has 3 aromatic heterocycles. The van der Waals surface area contributed by atoms with E-state index in [1.54, 1.807) is 31.2 Å². The summed E-state index contributed by atoms with van der Waals surface area (Å²) in [7, 11) is 2.70. The molecule has 5 rings (SSSR count). The summed E-state index contributed by atoms with van der Waals surface area (Å²) >= 11 is 1.13. The number of ether oxygens (including phenoxy) is 1. The van der Waals surface area contributed by atoms with E-state index in [0.717, 1.165) is 32.6 Å². The fraction of sp³-hybridized carbons (Fsp3) is 0.148. The van der Waals surface area contributed by atoms with Crippen LogP contribution in [0.25, 0.3) is 26.5 Å². The van der Waals surface area contributed by atoms with Crippen molar-refractivity contribution in [2.75, 3.05) is 19.5 Å². The van der Waals surface area contributed by atoms with Crippen LogP contribution in [0.15, 0.2) is 64.2 Å². The first-order valence-electron chi connectivity index (χ1n) is 12.0. The number of thiophene rings is 1. The SMILES string of the molecule is CONC(=O)Nc1ccc(-c2sc3c(c2C)c(=O)n(-c2ccc(OC)nn2)c(=O)n3Cc2c(F)cccc2F)cc1. The molecule has 5 aromatic rings. The summed E-state index contributed by atoms with van der Waals surface area (Å²) in [6, 6.07) is 12.5. The van der Waals surface area contributed by atoms with Gasteiger partial charge in [-0.2, -0.15) is 0 Å². The number of carbonyl (C=O) groups excluding carboxylic acids is 1. The number of nitrogens with one attached hydrogen (secondary N) is 2. The summed E-state index contributed by atoms with van der Waals surface area (Å²) < 4.78 is 36.3. The highest BCUT2D eigenvalue weighted by atomic mass is 32.1. The molecule has 0 saturated heterocycles. The minimum atomic E-state index is -0.846. The molecule has 0 atom stereocenters. The number of hydroxylamine groups is 1. The van der Waals surface area contributed by atoms with Crippen LogP contribution in [-0.4, -0.2) is 39.6 Å². The lowest BCUT2D eigenvalue weighted by Gasteiger charge is -2.13. The van der Waals surface area contributed by atoms with Gasteiger partial charge in [-0.3, -0.25) is 14.2 Å². The number of halogens is 2. The number of hydrogen-bond donors (Lipinski definition) is 2. The third-order valence-electron chi connectivity index (χ3n) is 6.25. The Balaban J connectivity index is 1.72. The summed E-state index contributed by atoms with van der Waals surface area (Å²) in [6.07, 6.45) is 0. The van der Waals surface area contributed by atoms with E-state index in [1.165, 1.54) is 32.4 Å². The molecule has 210 valence electrons. The number of urea groups is 1. The zero-order chi connectivity index (χ0) is 29.3. The highest BCUT2D eigenvalue weighted by molar-refractivity contribution is 7.22. The molecule has 0 unspecified atom stereocenters. The molecule has 0 bridgehead atoms. The topological polar surface area (TPSA) is 129 Å². The summed E-state index contributed by atoms with van der Waals surface area (Å²) in [4.78, 5) is 44.8. The molecule has 0 aliphatic heterocycles.